The Balaban J connectivity index is 2.09. The summed E-state index contributed by atoms with van der Waals surface area (Å²) in [6.07, 6.45) is 5.53. The molecule has 0 spiro atoms. The maximum Gasteiger partial charge on any atom is 0.143 e. The quantitative estimate of drug-likeness (QED) is 0.761. The summed E-state index contributed by atoms with van der Waals surface area (Å²) >= 11 is 3.07. The zero-order valence-corrected chi connectivity index (χ0v) is 13.3. The van der Waals surface area contributed by atoms with Gasteiger partial charge in [-0.25, -0.2) is 8.78 Å². The van der Waals surface area contributed by atoms with Crippen LogP contribution >= 0.6 is 15.9 Å². The molecule has 1 N–H and O–H groups in total. The highest BCUT2D eigenvalue weighted by Crippen LogP contribution is 2.37. The van der Waals surface area contributed by atoms with Crippen LogP contribution in [0.2, 0.25) is 0 Å². The van der Waals surface area contributed by atoms with Crippen molar-refractivity contribution >= 4 is 15.9 Å². The summed E-state index contributed by atoms with van der Waals surface area (Å²) in [7, 11) is 0. The first-order chi connectivity index (χ1) is 9.45. The van der Waals surface area contributed by atoms with E-state index in [9.17, 15) is 13.9 Å². The standard InChI is InChI=1S/C16H21BrF2O/c1-2-3-11-6-8-16(20,9-7-11)10-12-14(18)5-4-13(17)15(12)19/h4-5,11,20H,2-3,6-10H2,1H3. The predicted octanol–water partition coefficient (Wildman–Crippen LogP) is 4.99. The van der Waals surface area contributed by atoms with Crippen LogP contribution in [0, 0.1) is 17.6 Å². The highest BCUT2D eigenvalue weighted by molar-refractivity contribution is 9.10. The molecule has 1 fully saturated rings. The van der Waals surface area contributed by atoms with Crippen LogP contribution in [-0.4, -0.2) is 10.7 Å². The zero-order valence-electron chi connectivity index (χ0n) is 11.8. The minimum absolute atomic E-state index is 0.00387. The Morgan fingerprint density at radius 3 is 2.55 bits per heavy atom. The van der Waals surface area contributed by atoms with Gasteiger partial charge in [0.15, 0.2) is 0 Å². The van der Waals surface area contributed by atoms with E-state index in [0.717, 1.165) is 19.3 Å². The summed E-state index contributed by atoms with van der Waals surface area (Å²) in [5, 5.41) is 10.6. The van der Waals surface area contributed by atoms with Crippen molar-refractivity contribution in [1.29, 1.82) is 0 Å². The molecule has 1 aliphatic carbocycles. The molecule has 0 unspecified atom stereocenters. The van der Waals surface area contributed by atoms with Gasteiger partial charge in [-0.15, -0.1) is 0 Å². The summed E-state index contributed by atoms with van der Waals surface area (Å²) in [4.78, 5) is 0. The molecule has 1 saturated carbocycles. The molecule has 0 saturated heterocycles. The molecule has 1 aliphatic rings. The fraction of sp³-hybridized carbons (Fsp3) is 0.625. The molecule has 1 aromatic rings. The topological polar surface area (TPSA) is 20.2 Å². The fourth-order valence-corrected chi connectivity index (χ4v) is 3.52. The van der Waals surface area contributed by atoms with E-state index in [1.165, 1.54) is 18.6 Å². The van der Waals surface area contributed by atoms with E-state index in [1.54, 1.807) is 0 Å². The van der Waals surface area contributed by atoms with Gasteiger partial charge in [0.1, 0.15) is 11.6 Å². The molecule has 1 aromatic carbocycles. The van der Waals surface area contributed by atoms with Crippen molar-refractivity contribution in [3.8, 4) is 0 Å². The average Bonchev–Trinajstić information content (AvgIpc) is 2.43. The first kappa shape index (κ1) is 15.9. The average molecular weight is 347 g/mol. The number of benzene rings is 1. The van der Waals surface area contributed by atoms with Gasteiger partial charge in [-0.1, -0.05) is 19.8 Å². The van der Waals surface area contributed by atoms with Crippen molar-refractivity contribution in [2.45, 2.75) is 57.5 Å². The second-order valence-electron chi connectivity index (χ2n) is 5.95. The van der Waals surface area contributed by atoms with E-state index < -0.39 is 17.2 Å². The molecule has 2 rings (SSSR count). The van der Waals surface area contributed by atoms with Crippen molar-refractivity contribution in [3.63, 3.8) is 0 Å². The van der Waals surface area contributed by atoms with Crippen LogP contribution in [0.3, 0.4) is 0 Å². The molecule has 112 valence electrons. The molecule has 1 nitrogen and oxygen atoms in total. The van der Waals surface area contributed by atoms with Gasteiger partial charge in [0, 0.05) is 12.0 Å². The van der Waals surface area contributed by atoms with E-state index in [0.29, 0.717) is 18.8 Å². The largest absolute Gasteiger partial charge is 0.390 e. The monoisotopic (exact) mass is 346 g/mol. The number of aliphatic hydroxyl groups is 1. The molecular weight excluding hydrogens is 326 g/mol. The Morgan fingerprint density at radius 1 is 1.30 bits per heavy atom. The van der Waals surface area contributed by atoms with Gasteiger partial charge in [0.05, 0.1) is 10.1 Å². The lowest BCUT2D eigenvalue weighted by atomic mass is 9.74. The van der Waals surface area contributed by atoms with Gasteiger partial charge < -0.3 is 5.11 Å². The van der Waals surface area contributed by atoms with Crippen LogP contribution < -0.4 is 0 Å². The Hall–Kier alpha value is -0.480. The lowest BCUT2D eigenvalue weighted by Crippen LogP contribution is -2.37. The van der Waals surface area contributed by atoms with Gasteiger partial charge in [-0.2, -0.15) is 0 Å². The molecule has 0 heterocycles. The first-order valence-corrected chi connectivity index (χ1v) is 8.09. The van der Waals surface area contributed by atoms with E-state index in [4.69, 9.17) is 0 Å². The summed E-state index contributed by atoms with van der Waals surface area (Å²) in [5.41, 5.74) is -0.969. The molecular formula is C16H21BrF2O. The minimum Gasteiger partial charge on any atom is -0.390 e. The molecule has 0 atom stereocenters. The minimum atomic E-state index is -0.966. The highest BCUT2D eigenvalue weighted by Gasteiger charge is 2.34. The van der Waals surface area contributed by atoms with Crippen molar-refractivity contribution < 1.29 is 13.9 Å². The van der Waals surface area contributed by atoms with Crippen LogP contribution in [0.15, 0.2) is 16.6 Å². The van der Waals surface area contributed by atoms with Crippen molar-refractivity contribution in [1.82, 2.24) is 0 Å². The second-order valence-corrected chi connectivity index (χ2v) is 6.81. The second kappa shape index (κ2) is 6.52. The lowest BCUT2D eigenvalue weighted by molar-refractivity contribution is -0.0112. The fourth-order valence-electron chi connectivity index (χ4n) is 3.15. The molecule has 0 radical (unpaired) electrons. The van der Waals surface area contributed by atoms with E-state index in [2.05, 4.69) is 22.9 Å². The normalized spacial score (nSPS) is 26.8. The van der Waals surface area contributed by atoms with E-state index in [1.807, 2.05) is 0 Å². The smallest absolute Gasteiger partial charge is 0.143 e. The van der Waals surface area contributed by atoms with Gasteiger partial charge >= 0.3 is 0 Å². The van der Waals surface area contributed by atoms with Crippen LogP contribution in [0.25, 0.3) is 0 Å². The van der Waals surface area contributed by atoms with Crippen LogP contribution in [0.5, 0.6) is 0 Å². The maximum absolute atomic E-state index is 14.0. The number of rotatable bonds is 4. The van der Waals surface area contributed by atoms with Crippen LogP contribution in [0.1, 0.15) is 51.0 Å². The Bertz CT molecular complexity index is 468. The van der Waals surface area contributed by atoms with Crippen LogP contribution in [0.4, 0.5) is 8.78 Å². The van der Waals surface area contributed by atoms with Gasteiger partial charge in [-0.05, 0) is 59.7 Å². The van der Waals surface area contributed by atoms with E-state index in [-0.39, 0.29) is 16.5 Å². The van der Waals surface area contributed by atoms with Crippen molar-refractivity contribution in [2.75, 3.05) is 0 Å². The van der Waals surface area contributed by atoms with Gasteiger partial charge in [0.2, 0.25) is 0 Å². The molecule has 0 aliphatic heterocycles. The molecule has 0 amide bonds. The van der Waals surface area contributed by atoms with Crippen molar-refractivity contribution in [3.05, 3.63) is 33.8 Å². The summed E-state index contributed by atoms with van der Waals surface area (Å²) in [6.45, 7) is 2.16. The first-order valence-electron chi connectivity index (χ1n) is 7.30. The Labute approximate surface area is 127 Å². The van der Waals surface area contributed by atoms with Crippen LogP contribution in [-0.2, 0) is 6.42 Å². The highest BCUT2D eigenvalue weighted by atomic mass is 79.9. The Kier molecular flexibility index (Phi) is 5.19. The van der Waals surface area contributed by atoms with Crippen molar-refractivity contribution in [2.24, 2.45) is 5.92 Å². The van der Waals surface area contributed by atoms with Gasteiger partial charge in [-0.3, -0.25) is 0 Å². The SMILES string of the molecule is CCCC1CCC(O)(Cc2c(F)ccc(Br)c2F)CC1. The molecule has 20 heavy (non-hydrogen) atoms. The number of halogens is 3. The third kappa shape index (κ3) is 3.59. The zero-order chi connectivity index (χ0) is 14.8. The van der Waals surface area contributed by atoms with Gasteiger partial charge in [0.25, 0.3) is 0 Å². The summed E-state index contributed by atoms with van der Waals surface area (Å²) in [5.74, 6) is -0.513. The summed E-state index contributed by atoms with van der Waals surface area (Å²) < 4.78 is 28.0. The third-order valence-corrected chi connectivity index (χ3v) is 4.99. The maximum atomic E-state index is 14.0. The lowest BCUT2D eigenvalue weighted by Gasteiger charge is -2.36. The van der Waals surface area contributed by atoms with E-state index >= 15 is 0 Å². The molecule has 0 aromatic heterocycles. The molecule has 0 bridgehead atoms. The number of hydrogen-bond acceptors (Lipinski definition) is 1. The predicted molar refractivity (Wildman–Crippen MR) is 79.6 cm³/mol. The third-order valence-electron chi connectivity index (χ3n) is 4.38. The summed E-state index contributed by atoms with van der Waals surface area (Å²) in [6, 6.07) is 2.60. The number of hydrogen-bond donors (Lipinski definition) is 1. The Morgan fingerprint density at radius 2 is 1.95 bits per heavy atom. The molecule has 4 heteroatoms.